The first-order chi connectivity index (χ1) is 6.74. The average Bonchev–Trinajstić information content (AvgIpc) is 2.56. The van der Waals surface area contributed by atoms with Gasteiger partial charge in [-0.1, -0.05) is 11.8 Å². The Morgan fingerprint density at radius 1 is 1.64 bits per heavy atom. The van der Waals surface area contributed by atoms with Gasteiger partial charge >= 0.3 is 5.97 Å². The maximum atomic E-state index is 10.8. The van der Waals surface area contributed by atoms with Gasteiger partial charge in [0.1, 0.15) is 0 Å². The lowest BCUT2D eigenvalue weighted by Gasteiger charge is -1.94. The summed E-state index contributed by atoms with van der Waals surface area (Å²) in [6.45, 7) is 0. The number of hydrogen-bond donors (Lipinski definition) is 1. The van der Waals surface area contributed by atoms with Crippen LogP contribution in [0.4, 0.5) is 0 Å². The maximum Gasteiger partial charge on any atom is 0.356 e. The van der Waals surface area contributed by atoms with Crippen LogP contribution in [-0.2, 0) is 0 Å². The molecule has 0 amide bonds. The average molecular weight is 209 g/mol. The molecule has 0 saturated heterocycles. The first-order valence-corrected chi connectivity index (χ1v) is 5.06. The van der Waals surface area contributed by atoms with E-state index in [1.165, 1.54) is 18.0 Å². The van der Waals surface area contributed by atoms with Crippen LogP contribution in [0.3, 0.4) is 0 Å². The normalized spacial score (nSPS) is 10.6. The van der Waals surface area contributed by atoms with E-state index in [1.807, 2.05) is 6.26 Å². The fourth-order valence-electron chi connectivity index (χ4n) is 1.21. The molecule has 72 valence electrons. The number of aromatic nitrogens is 3. The Hall–Kier alpha value is -1.56. The molecule has 14 heavy (non-hydrogen) atoms. The molecule has 0 bridgehead atoms. The standard InChI is InChI=1S/C8H7N3O2S/c1-14-8-10-6(7(12)13)5-4-9-2-3-11(5)8/h2-4H,1H3,(H,12,13). The van der Waals surface area contributed by atoms with E-state index in [9.17, 15) is 4.79 Å². The van der Waals surface area contributed by atoms with Crippen molar-refractivity contribution in [2.45, 2.75) is 5.16 Å². The van der Waals surface area contributed by atoms with E-state index in [0.717, 1.165) is 0 Å². The van der Waals surface area contributed by atoms with Crippen LogP contribution in [-0.4, -0.2) is 31.7 Å². The monoisotopic (exact) mass is 209 g/mol. The number of fused-ring (bicyclic) bond motifs is 1. The molecule has 0 radical (unpaired) electrons. The van der Waals surface area contributed by atoms with Gasteiger partial charge in [0.15, 0.2) is 10.9 Å². The fraction of sp³-hybridized carbons (Fsp3) is 0.125. The number of carboxylic acid groups (broad SMARTS) is 1. The van der Waals surface area contributed by atoms with Gasteiger partial charge in [-0.2, -0.15) is 0 Å². The van der Waals surface area contributed by atoms with Gasteiger partial charge < -0.3 is 5.11 Å². The predicted octanol–water partition coefficient (Wildman–Crippen LogP) is 1.15. The Balaban J connectivity index is 2.80. The lowest BCUT2D eigenvalue weighted by Crippen LogP contribution is -1.97. The molecule has 2 aromatic heterocycles. The molecule has 2 heterocycles. The van der Waals surface area contributed by atoms with Gasteiger partial charge in [-0.3, -0.25) is 9.38 Å². The summed E-state index contributed by atoms with van der Waals surface area (Å²) in [6.07, 6.45) is 6.64. The summed E-state index contributed by atoms with van der Waals surface area (Å²) in [6, 6.07) is 0. The zero-order valence-corrected chi connectivity index (χ0v) is 8.15. The van der Waals surface area contributed by atoms with Gasteiger partial charge in [0, 0.05) is 12.4 Å². The minimum atomic E-state index is -1.03. The summed E-state index contributed by atoms with van der Waals surface area (Å²) < 4.78 is 1.71. The molecule has 2 aromatic rings. The highest BCUT2D eigenvalue weighted by atomic mass is 32.2. The van der Waals surface area contributed by atoms with Crippen molar-refractivity contribution in [3.63, 3.8) is 0 Å². The van der Waals surface area contributed by atoms with Crippen LogP contribution in [0.5, 0.6) is 0 Å². The Labute approximate surface area is 83.8 Å². The van der Waals surface area contributed by atoms with Crippen LogP contribution in [0.15, 0.2) is 23.7 Å². The number of carbonyl (C=O) groups is 1. The largest absolute Gasteiger partial charge is 0.476 e. The van der Waals surface area contributed by atoms with Gasteiger partial charge in [0.25, 0.3) is 0 Å². The molecule has 0 spiro atoms. The topological polar surface area (TPSA) is 67.5 Å². The first kappa shape index (κ1) is 9.01. The van der Waals surface area contributed by atoms with E-state index < -0.39 is 5.97 Å². The van der Waals surface area contributed by atoms with Crippen molar-refractivity contribution in [1.29, 1.82) is 0 Å². The van der Waals surface area contributed by atoms with Crippen molar-refractivity contribution in [2.75, 3.05) is 6.26 Å². The Morgan fingerprint density at radius 3 is 3.07 bits per heavy atom. The van der Waals surface area contributed by atoms with Crippen LogP contribution in [0.25, 0.3) is 5.52 Å². The molecular formula is C8H7N3O2S. The summed E-state index contributed by atoms with van der Waals surface area (Å²) in [7, 11) is 0. The zero-order valence-electron chi connectivity index (χ0n) is 7.34. The first-order valence-electron chi connectivity index (χ1n) is 3.83. The Bertz CT molecular complexity index is 494. The van der Waals surface area contributed by atoms with Crippen molar-refractivity contribution in [3.8, 4) is 0 Å². The molecular weight excluding hydrogens is 202 g/mol. The maximum absolute atomic E-state index is 10.8. The van der Waals surface area contributed by atoms with Crippen molar-refractivity contribution in [2.24, 2.45) is 0 Å². The second-order valence-electron chi connectivity index (χ2n) is 2.58. The minimum Gasteiger partial charge on any atom is -0.476 e. The van der Waals surface area contributed by atoms with Crippen LogP contribution >= 0.6 is 11.8 Å². The SMILES string of the molecule is CSc1nc(C(=O)O)c2cnccn12. The minimum absolute atomic E-state index is 0.0439. The second kappa shape index (κ2) is 3.30. The molecule has 0 saturated carbocycles. The van der Waals surface area contributed by atoms with Crippen LogP contribution in [0.1, 0.15) is 10.5 Å². The highest BCUT2D eigenvalue weighted by Crippen LogP contribution is 2.18. The molecule has 0 fully saturated rings. The number of hydrogen-bond acceptors (Lipinski definition) is 4. The molecule has 0 aliphatic carbocycles. The van der Waals surface area contributed by atoms with E-state index in [-0.39, 0.29) is 5.69 Å². The third-order valence-electron chi connectivity index (χ3n) is 1.80. The van der Waals surface area contributed by atoms with E-state index in [2.05, 4.69) is 9.97 Å². The molecule has 5 nitrogen and oxygen atoms in total. The van der Waals surface area contributed by atoms with E-state index in [0.29, 0.717) is 10.7 Å². The van der Waals surface area contributed by atoms with Crippen molar-refractivity contribution < 1.29 is 9.90 Å². The molecule has 0 aliphatic rings. The van der Waals surface area contributed by atoms with Crippen LogP contribution in [0.2, 0.25) is 0 Å². The zero-order chi connectivity index (χ0) is 10.1. The van der Waals surface area contributed by atoms with Crippen molar-refractivity contribution in [3.05, 3.63) is 24.3 Å². The van der Waals surface area contributed by atoms with Gasteiger partial charge in [-0.25, -0.2) is 9.78 Å². The van der Waals surface area contributed by atoms with E-state index in [1.54, 1.807) is 16.8 Å². The predicted molar refractivity (Wildman–Crippen MR) is 51.7 cm³/mol. The van der Waals surface area contributed by atoms with E-state index in [4.69, 9.17) is 5.11 Å². The summed E-state index contributed by atoms with van der Waals surface area (Å²) in [5, 5.41) is 9.53. The van der Waals surface area contributed by atoms with E-state index >= 15 is 0 Å². The summed E-state index contributed by atoms with van der Waals surface area (Å²) in [5.41, 5.74) is 0.562. The second-order valence-corrected chi connectivity index (χ2v) is 3.36. The quantitative estimate of drug-likeness (QED) is 0.751. The lowest BCUT2D eigenvalue weighted by molar-refractivity contribution is 0.0693. The van der Waals surface area contributed by atoms with Gasteiger partial charge in [-0.15, -0.1) is 0 Å². The highest BCUT2D eigenvalue weighted by molar-refractivity contribution is 7.98. The number of rotatable bonds is 2. The molecule has 0 aliphatic heterocycles. The third kappa shape index (κ3) is 1.24. The fourth-order valence-corrected chi connectivity index (χ4v) is 1.75. The molecule has 0 atom stereocenters. The van der Waals surface area contributed by atoms with Gasteiger partial charge in [-0.05, 0) is 6.26 Å². The number of aromatic carboxylic acids is 1. The third-order valence-corrected chi connectivity index (χ3v) is 2.45. The Morgan fingerprint density at radius 2 is 2.43 bits per heavy atom. The summed E-state index contributed by atoms with van der Waals surface area (Å²) in [5.74, 6) is -1.03. The number of imidazole rings is 1. The molecule has 0 unspecified atom stereocenters. The summed E-state index contributed by atoms with van der Waals surface area (Å²) in [4.78, 5) is 18.7. The van der Waals surface area contributed by atoms with Crippen molar-refractivity contribution in [1.82, 2.24) is 14.4 Å². The number of carboxylic acids is 1. The summed E-state index contributed by atoms with van der Waals surface area (Å²) >= 11 is 1.40. The molecule has 2 rings (SSSR count). The van der Waals surface area contributed by atoms with Crippen molar-refractivity contribution >= 4 is 23.2 Å². The van der Waals surface area contributed by atoms with Gasteiger partial charge in [0.2, 0.25) is 0 Å². The molecule has 0 aromatic carbocycles. The Kier molecular flexibility index (Phi) is 2.12. The van der Waals surface area contributed by atoms with Crippen LogP contribution in [0, 0.1) is 0 Å². The number of thioether (sulfide) groups is 1. The smallest absolute Gasteiger partial charge is 0.356 e. The molecule has 6 heteroatoms. The highest BCUT2D eigenvalue weighted by Gasteiger charge is 2.15. The van der Waals surface area contributed by atoms with Gasteiger partial charge in [0.05, 0.1) is 11.7 Å². The molecule has 1 N–H and O–H groups in total. The number of nitrogens with zero attached hydrogens (tertiary/aromatic N) is 3. The lowest BCUT2D eigenvalue weighted by atomic mass is 10.4. The van der Waals surface area contributed by atoms with Crippen LogP contribution < -0.4 is 0 Å².